The molecule has 1 N–H and O–H groups in total. The van der Waals surface area contributed by atoms with Gasteiger partial charge in [0.25, 0.3) is 0 Å². The Morgan fingerprint density at radius 3 is 2.68 bits per heavy atom. The molecule has 0 aliphatic carbocycles. The zero-order chi connectivity index (χ0) is 15.4. The first-order valence-corrected chi connectivity index (χ1v) is 8.11. The van der Waals surface area contributed by atoms with E-state index in [1.807, 2.05) is 4.90 Å². The molecule has 0 bridgehead atoms. The first kappa shape index (κ1) is 14.9. The van der Waals surface area contributed by atoms with Crippen LogP contribution in [0, 0.1) is 5.82 Å². The van der Waals surface area contributed by atoms with Crippen molar-refractivity contribution in [2.24, 2.45) is 0 Å². The summed E-state index contributed by atoms with van der Waals surface area (Å²) in [4.78, 5) is 13.8. The first-order valence-electron chi connectivity index (χ1n) is 7.29. The highest BCUT2D eigenvalue weighted by Gasteiger charge is 2.17. The second-order valence-corrected chi connectivity index (χ2v) is 6.31. The normalized spacial score (nSPS) is 14.3. The number of benzene rings is 1. The van der Waals surface area contributed by atoms with E-state index in [9.17, 15) is 9.18 Å². The lowest BCUT2D eigenvalue weighted by atomic mass is 10.2. The van der Waals surface area contributed by atoms with E-state index in [4.69, 9.17) is 0 Å². The number of hydrogen-bond donors (Lipinski definition) is 1. The topological polar surface area (TPSA) is 58.1 Å². The fourth-order valence-electron chi connectivity index (χ4n) is 2.40. The van der Waals surface area contributed by atoms with Gasteiger partial charge in [-0.3, -0.25) is 4.79 Å². The van der Waals surface area contributed by atoms with Crippen LogP contribution in [0.4, 0.5) is 9.52 Å². The number of rotatable bonds is 5. The molecule has 1 aromatic heterocycles. The summed E-state index contributed by atoms with van der Waals surface area (Å²) in [6.45, 7) is 1.96. The van der Waals surface area contributed by atoms with Crippen LogP contribution in [0.25, 0.3) is 0 Å². The van der Waals surface area contributed by atoms with Gasteiger partial charge in [0.05, 0.1) is 6.54 Å². The molecular formula is C15H17FN4OS. The van der Waals surface area contributed by atoms with E-state index in [-0.39, 0.29) is 18.3 Å². The van der Waals surface area contributed by atoms with Crippen LogP contribution in [0.3, 0.4) is 0 Å². The van der Waals surface area contributed by atoms with Crippen LogP contribution in [-0.2, 0) is 11.2 Å². The quantitative estimate of drug-likeness (QED) is 0.918. The third-order valence-corrected chi connectivity index (χ3v) is 4.47. The smallest absolute Gasteiger partial charge is 0.241 e. The summed E-state index contributed by atoms with van der Waals surface area (Å²) in [6.07, 6.45) is 2.79. The molecule has 0 saturated carbocycles. The SMILES string of the molecule is O=C(CNc1nnc(Cc2ccc(F)cc2)s1)N1CCCC1. The zero-order valence-electron chi connectivity index (χ0n) is 12.1. The third-order valence-electron chi connectivity index (χ3n) is 3.59. The Labute approximate surface area is 132 Å². The minimum atomic E-state index is -0.246. The Balaban J connectivity index is 1.52. The van der Waals surface area contributed by atoms with Crippen molar-refractivity contribution >= 4 is 22.4 Å². The third kappa shape index (κ3) is 3.79. The van der Waals surface area contributed by atoms with Crippen molar-refractivity contribution in [3.05, 3.63) is 40.7 Å². The molecule has 22 heavy (non-hydrogen) atoms. The molecule has 2 heterocycles. The maximum Gasteiger partial charge on any atom is 0.241 e. The fraction of sp³-hybridized carbons (Fsp3) is 0.400. The molecule has 1 saturated heterocycles. The van der Waals surface area contributed by atoms with Crippen molar-refractivity contribution in [3.8, 4) is 0 Å². The largest absolute Gasteiger partial charge is 0.351 e. The minimum absolute atomic E-state index is 0.104. The van der Waals surface area contributed by atoms with Crippen molar-refractivity contribution in [3.63, 3.8) is 0 Å². The molecule has 0 radical (unpaired) electrons. The van der Waals surface area contributed by atoms with Crippen LogP contribution in [0.2, 0.25) is 0 Å². The van der Waals surface area contributed by atoms with Gasteiger partial charge in [-0.25, -0.2) is 4.39 Å². The molecule has 1 fully saturated rings. The fourth-order valence-corrected chi connectivity index (χ4v) is 3.17. The van der Waals surface area contributed by atoms with Crippen LogP contribution < -0.4 is 5.32 Å². The summed E-state index contributed by atoms with van der Waals surface area (Å²) < 4.78 is 12.9. The Morgan fingerprint density at radius 1 is 1.23 bits per heavy atom. The van der Waals surface area contributed by atoms with Gasteiger partial charge in [0.15, 0.2) is 0 Å². The van der Waals surface area contributed by atoms with E-state index in [1.165, 1.54) is 23.5 Å². The van der Waals surface area contributed by atoms with E-state index in [2.05, 4.69) is 15.5 Å². The maximum atomic E-state index is 12.9. The monoisotopic (exact) mass is 320 g/mol. The average molecular weight is 320 g/mol. The van der Waals surface area contributed by atoms with Crippen molar-refractivity contribution in [2.45, 2.75) is 19.3 Å². The number of anilines is 1. The molecule has 0 unspecified atom stereocenters. The predicted molar refractivity (Wildman–Crippen MR) is 83.4 cm³/mol. The highest BCUT2D eigenvalue weighted by atomic mass is 32.1. The maximum absolute atomic E-state index is 12.9. The summed E-state index contributed by atoms with van der Waals surface area (Å²) >= 11 is 1.42. The summed E-state index contributed by atoms with van der Waals surface area (Å²) in [5.74, 6) is -0.142. The molecule has 1 aliphatic heterocycles. The Kier molecular flexibility index (Phi) is 4.62. The predicted octanol–water partition coefficient (Wildman–Crippen LogP) is 2.30. The highest BCUT2D eigenvalue weighted by Crippen LogP contribution is 2.19. The van der Waals surface area contributed by atoms with E-state index in [0.29, 0.717) is 11.6 Å². The number of nitrogens with zero attached hydrogens (tertiary/aromatic N) is 3. The van der Waals surface area contributed by atoms with E-state index >= 15 is 0 Å². The van der Waals surface area contributed by atoms with Gasteiger partial charge in [0.2, 0.25) is 11.0 Å². The van der Waals surface area contributed by atoms with Crippen molar-refractivity contribution < 1.29 is 9.18 Å². The van der Waals surface area contributed by atoms with Crippen molar-refractivity contribution in [1.82, 2.24) is 15.1 Å². The molecule has 0 atom stereocenters. The van der Waals surface area contributed by atoms with Crippen LogP contribution in [0.1, 0.15) is 23.4 Å². The molecule has 1 amide bonds. The molecule has 7 heteroatoms. The van der Waals surface area contributed by atoms with Crippen LogP contribution in [0.15, 0.2) is 24.3 Å². The van der Waals surface area contributed by atoms with Gasteiger partial charge in [0.1, 0.15) is 10.8 Å². The lowest BCUT2D eigenvalue weighted by Crippen LogP contribution is -2.32. The molecule has 0 spiro atoms. The number of amides is 1. The minimum Gasteiger partial charge on any atom is -0.351 e. The summed E-state index contributed by atoms with van der Waals surface area (Å²) in [5.41, 5.74) is 0.984. The molecule has 1 aliphatic rings. The van der Waals surface area contributed by atoms with E-state index in [1.54, 1.807) is 12.1 Å². The van der Waals surface area contributed by atoms with E-state index < -0.39 is 0 Å². The number of hydrogen-bond acceptors (Lipinski definition) is 5. The van der Waals surface area contributed by atoms with Crippen molar-refractivity contribution in [2.75, 3.05) is 25.0 Å². The highest BCUT2D eigenvalue weighted by molar-refractivity contribution is 7.15. The van der Waals surface area contributed by atoms with Crippen LogP contribution in [0.5, 0.6) is 0 Å². The van der Waals surface area contributed by atoms with Gasteiger partial charge in [-0.05, 0) is 30.5 Å². The molecule has 2 aromatic rings. The van der Waals surface area contributed by atoms with Crippen molar-refractivity contribution in [1.29, 1.82) is 0 Å². The summed E-state index contributed by atoms with van der Waals surface area (Å²) in [7, 11) is 0. The second-order valence-electron chi connectivity index (χ2n) is 5.25. The summed E-state index contributed by atoms with van der Waals surface area (Å²) in [6, 6.07) is 6.34. The number of aromatic nitrogens is 2. The number of halogens is 1. The summed E-state index contributed by atoms with van der Waals surface area (Å²) in [5, 5.41) is 12.6. The second kappa shape index (κ2) is 6.83. The number of carbonyl (C=O) groups excluding carboxylic acids is 1. The Morgan fingerprint density at radius 2 is 1.95 bits per heavy atom. The molecule has 116 valence electrons. The van der Waals surface area contributed by atoms with Gasteiger partial charge in [-0.2, -0.15) is 0 Å². The van der Waals surface area contributed by atoms with Gasteiger partial charge in [-0.1, -0.05) is 23.5 Å². The van der Waals surface area contributed by atoms with Crippen LogP contribution in [-0.4, -0.2) is 40.6 Å². The Hall–Kier alpha value is -2.02. The van der Waals surface area contributed by atoms with Gasteiger partial charge in [-0.15, -0.1) is 10.2 Å². The Bertz CT molecular complexity index is 637. The molecule has 3 rings (SSSR count). The van der Waals surface area contributed by atoms with Gasteiger partial charge < -0.3 is 10.2 Å². The molecular weight excluding hydrogens is 303 g/mol. The average Bonchev–Trinajstić information content (AvgIpc) is 3.19. The van der Waals surface area contributed by atoms with Gasteiger partial charge >= 0.3 is 0 Å². The number of carbonyl (C=O) groups is 1. The molecule has 5 nitrogen and oxygen atoms in total. The zero-order valence-corrected chi connectivity index (χ0v) is 12.9. The number of nitrogens with one attached hydrogen (secondary N) is 1. The van der Waals surface area contributed by atoms with Crippen LogP contribution >= 0.6 is 11.3 Å². The van der Waals surface area contributed by atoms with Gasteiger partial charge in [0, 0.05) is 19.5 Å². The first-order chi connectivity index (χ1) is 10.7. The lowest BCUT2D eigenvalue weighted by molar-refractivity contribution is -0.128. The lowest BCUT2D eigenvalue weighted by Gasteiger charge is -2.14. The van der Waals surface area contributed by atoms with E-state index in [0.717, 1.165) is 36.5 Å². The molecule has 1 aromatic carbocycles. The number of likely N-dealkylation sites (tertiary alicyclic amines) is 1. The standard InChI is InChI=1S/C15H17FN4OS/c16-12-5-3-11(4-6-12)9-13-18-19-15(22-13)17-10-14(21)20-7-1-2-8-20/h3-6H,1-2,7-10H2,(H,17,19).